The molecule has 0 atom stereocenters. The first kappa shape index (κ1) is 16.4. The number of amides is 1. The predicted octanol–water partition coefficient (Wildman–Crippen LogP) is 2.21. The summed E-state index contributed by atoms with van der Waals surface area (Å²) in [5.41, 5.74) is 0.572. The third kappa shape index (κ3) is 7.34. The number of rotatable bonds is 2. The molecule has 0 heterocycles. The van der Waals surface area contributed by atoms with Crippen LogP contribution in [0.4, 0.5) is 10.5 Å². The summed E-state index contributed by atoms with van der Waals surface area (Å²) in [6, 6.07) is 6.76. The molecule has 1 amide bonds. The van der Waals surface area contributed by atoms with Crippen LogP contribution in [-0.4, -0.2) is 41.6 Å². The van der Waals surface area contributed by atoms with E-state index < -0.39 is 6.09 Å². The first-order chi connectivity index (χ1) is 7.72. The quantitative estimate of drug-likeness (QED) is 0.514. The molecule has 88 valence electrons. The normalized spacial score (nSPS) is 8.35. The average molecular weight is 284 g/mol. The monoisotopic (exact) mass is 283 g/mol. The second-order valence-electron chi connectivity index (χ2n) is 2.70. The number of nitrogens with one attached hydrogen (secondary N) is 1. The lowest BCUT2D eigenvalue weighted by atomic mass is 10.3. The summed E-state index contributed by atoms with van der Waals surface area (Å²) < 4.78 is 4.76. The Bertz CT molecular complexity index is 429. The lowest BCUT2D eigenvalue weighted by Crippen LogP contribution is -2.13. The molecule has 1 aromatic carbocycles. The molecule has 6 heteroatoms. The van der Waals surface area contributed by atoms with Crippen molar-refractivity contribution in [1.82, 2.24) is 0 Å². The van der Waals surface area contributed by atoms with E-state index in [1.54, 1.807) is 24.3 Å². The lowest BCUT2D eigenvalue weighted by Gasteiger charge is -2.04. The van der Waals surface area contributed by atoms with Gasteiger partial charge in [0.2, 0.25) is 0 Å². The van der Waals surface area contributed by atoms with E-state index in [1.165, 1.54) is 0 Å². The molecule has 0 unspecified atom stereocenters. The van der Waals surface area contributed by atoms with Crippen molar-refractivity contribution in [1.29, 1.82) is 0 Å². The van der Waals surface area contributed by atoms with E-state index in [1.807, 2.05) is 0 Å². The van der Waals surface area contributed by atoms with Gasteiger partial charge in [-0.2, -0.15) is 0 Å². The van der Waals surface area contributed by atoms with Gasteiger partial charge in [-0.25, -0.2) is 4.79 Å². The van der Waals surface area contributed by atoms with Gasteiger partial charge in [0.1, 0.15) is 0 Å². The van der Waals surface area contributed by atoms with Crippen LogP contribution in [0.15, 0.2) is 24.3 Å². The Morgan fingerprint density at radius 2 is 2.18 bits per heavy atom. The Morgan fingerprint density at radius 3 is 2.82 bits per heavy atom. The third-order valence-corrected chi connectivity index (χ3v) is 1.91. The predicted molar refractivity (Wildman–Crippen MR) is 73.5 cm³/mol. The van der Waals surface area contributed by atoms with Crippen molar-refractivity contribution in [3.8, 4) is 11.8 Å². The van der Waals surface area contributed by atoms with Crippen LogP contribution in [-0.2, 0) is 4.74 Å². The van der Waals surface area contributed by atoms with Gasteiger partial charge in [-0.1, -0.05) is 29.5 Å². The Hall–Kier alpha value is -0.604. The Kier molecular flexibility index (Phi) is 9.09. The Morgan fingerprint density at radius 1 is 1.41 bits per heavy atom. The van der Waals surface area contributed by atoms with Crippen molar-refractivity contribution in [3.05, 3.63) is 29.3 Å². The molecule has 1 rings (SSSR count). The first-order valence-corrected chi connectivity index (χ1v) is 5.34. The SMILES string of the molecule is O=C(Nc1cccc(Cl)c1)OCC#CCCl.[MgH2]. The summed E-state index contributed by atoms with van der Waals surface area (Å²) in [6.07, 6.45) is -0.578. The second-order valence-corrected chi connectivity index (χ2v) is 3.40. The third-order valence-electron chi connectivity index (χ3n) is 1.54. The summed E-state index contributed by atoms with van der Waals surface area (Å²) >= 11 is 11.1. The maximum Gasteiger partial charge on any atom is 0.412 e. The number of carbonyl (C=O) groups excluding carboxylic acids is 1. The van der Waals surface area contributed by atoms with Gasteiger partial charge in [0.25, 0.3) is 0 Å². The summed E-state index contributed by atoms with van der Waals surface area (Å²) in [7, 11) is 0. The number of anilines is 1. The van der Waals surface area contributed by atoms with Crippen LogP contribution >= 0.6 is 23.2 Å². The molecule has 0 aromatic heterocycles. The minimum Gasteiger partial charge on any atom is -0.436 e. The van der Waals surface area contributed by atoms with Crippen LogP contribution < -0.4 is 5.32 Å². The molecule has 1 N–H and O–H groups in total. The molecule has 0 bridgehead atoms. The molecule has 0 saturated carbocycles. The van der Waals surface area contributed by atoms with Gasteiger partial charge in [0.05, 0.1) is 5.88 Å². The first-order valence-electron chi connectivity index (χ1n) is 4.43. The number of halogens is 2. The highest BCUT2D eigenvalue weighted by Crippen LogP contribution is 2.14. The van der Waals surface area contributed by atoms with Crippen molar-refractivity contribution >= 4 is 58.0 Å². The molecule has 17 heavy (non-hydrogen) atoms. The largest absolute Gasteiger partial charge is 0.436 e. The molecule has 0 spiro atoms. The van der Waals surface area contributed by atoms with Crippen molar-refractivity contribution in [2.45, 2.75) is 0 Å². The van der Waals surface area contributed by atoms with E-state index in [9.17, 15) is 4.79 Å². The molecular formula is C11H11Cl2MgNO2. The van der Waals surface area contributed by atoms with Gasteiger partial charge in [-0.05, 0) is 18.2 Å². The van der Waals surface area contributed by atoms with Crippen LogP contribution in [0.1, 0.15) is 0 Å². The summed E-state index contributed by atoms with van der Waals surface area (Å²) in [5, 5.41) is 3.05. The van der Waals surface area contributed by atoms with Crippen LogP contribution in [0.5, 0.6) is 0 Å². The topological polar surface area (TPSA) is 38.3 Å². The van der Waals surface area contributed by atoms with Crippen molar-refractivity contribution in [3.63, 3.8) is 0 Å². The van der Waals surface area contributed by atoms with Gasteiger partial charge < -0.3 is 4.74 Å². The minimum atomic E-state index is -0.578. The van der Waals surface area contributed by atoms with Crippen LogP contribution in [0.2, 0.25) is 5.02 Å². The standard InChI is InChI=1S/C11H9Cl2NO2.Mg.2H/c12-6-1-2-7-16-11(15)14-10-5-3-4-9(13)8-10;;;/h3-5,8H,6-7H2,(H,14,15);;;. The molecule has 0 aliphatic carbocycles. The number of hydrogen-bond donors (Lipinski definition) is 1. The summed E-state index contributed by atoms with van der Waals surface area (Å²) in [4.78, 5) is 11.2. The van der Waals surface area contributed by atoms with Gasteiger partial charge in [0.15, 0.2) is 6.61 Å². The van der Waals surface area contributed by atoms with E-state index in [-0.39, 0.29) is 35.5 Å². The van der Waals surface area contributed by atoms with Crippen LogP contribution in [0.3, 0.4) is 0 Å². The fraction of sp³-hybridized carbons (Fsp3) is 0.182. The zero-order valence-electron chi connectivity index (χ0n) is 8.30. The fourth-order valence-electron chi connectivity index (χ4n) is 0.920. The molecule has 0 radical (unpaired) electrons. The molecule has 0 aliphatic heterocycles. The van der Waals surface area contributed by atoms with Gasteiger partial charge in [0, 0.05) is 10.7 Å². The minimum absolute atomic E-state index is 0. The van der Waals surface area contributed by atoms with Crippen LogP contribution in [0, 0.1) is 11.8 Å². The molecule has 0 saturated heterocycles. The number of alkyl halides is 1. The second kappa shape index (κ2) is 9.43. The molecule has 0 fully saturated rings. The number of carbonyl (C=O) groups is 1. The number of hydrogen-bond acceptors (Lipinski definition) is 2. The highest BCUT2D eigenvalue weighted by Gasteiger charge is 2.01. The van der Waals surface area contributed by atoms with Crippen molar-refractivity contribution in [2.75, 3.05) is 17.8 Å². The molecule has 1 aromatic rings. The number of benzene rings is 1. The van der Waals surface area contributed by atoms with Gasteiger partial charge >= 0.3 is 29.1 Å². The summed E-state index contributed by atoms with van der Waals surface area (Å²) in [6.45, 7) is 0.0130. The van der Waals surface area contributed by atoms with Crippen LogP contribution in [0.25, 0.3) is 0 Å². The molecule has 0 aliphatic rings. The Balaban J connectivity index is 0.00000256. The molecule has 3 nitrogen and oxygen atoms in total. The van der Waals surface area contributed by atoms with Gasteiger partial charge in [-0.3, -0.25) is 5.32 Å². The average Bonchev–Trinajstić information content (AvgIpc) is 2.24. The maximum absolute atomic E-state index is 11.2. The van der Waals surface area contributed by atoms with E-state index in [0.29, 0.717) is 10.7 Å². The van der Waals surface area contributed by atoms with E-state index in [0.717, 1.165) is 0 Å². The van der Waals surface area contributed by atoms with E-state index >= 15 is 0 Å². The zero-order chi connectivity index (χ0) is 11.8. The highest BCUT2D eigenvalue weighted by molar-refractivity contribution is 6.30. The fourth-order valence-corrected chi connectivity index (χ4v) is 1.20. The zero-order valence-corrected chi connectivity index (χ0v) is 9.81. The number of ether oxygens (including phenoxy) is 1. The lowest BCUT2D eigenvalue weighted by molar-refractivity contribution is 0.176. The van der Waals surface area contributed by atoms with Crippen molar-refractivity contribution < 1.29 is 9.53 Å². The van der Waals surface area contributed by atoms with Crippen molar-refractivity contribution in [2.24, 2.45) is 0 Å². The van der Waals surface area contributed by atoms with Gasteiger partial charge in [-0.15, -0.1) is 11.6 Å². The Labute approximate surface area is 126 Å². The van der Waals surface area contributed by atoms with E-state index in [2.05, 4.69) is 17.2 Å². The maximum atomic E-state index is 11.2. The molecular weight excluding hydrogens is 273 g/mol. The smallest absolute Gasteiger partial charge is 0.412 e. The summed E-state index contributed by atoms with van der Waals surface area (Å²) in [5.74, 6) is 5.36. The highest BCUT2D eigenvalue weighted by atomic mass is 35.5. The van der Waals surface area contributed by atoms with E-state index in [4.69, 9.17) is 27.9 Å².